The van der Waals surface area contributed by atoms with Gasteiger partial charge in [0.15, 0.2) is 5.69 Å². The van der Waals surface area contributed by atoms with Gasteiger partial charge in [-0.2, -0.15) is 5.10 Å². The first kappa shape index (κ1) is 15.4. The van der Waals surface area contributed by atoms with Crippen LogP contribution in [0.1, 0.15) is 28.0 Å². The highest BCUT2D eigenvalue weighted by Gasteiger charge is 2.28. The summed E-state index contributed by atoms with van der Waals surface area (Å²) in [6.45, 7) is 3.41. The fourth-order valence-corrected chi connectivity index (χ4v) is 2.59. The van der Waals surface area contributed by atoms with E-state index in [1.165, 1.54) is 0 Å². The number of hydrogen-bond donors (Lipinski definition) is 1. The van der Waals surface area contributed by atoms with E-state index in [-0.39, 0.29) is 12.0 Å². The van der Waals surface area contributed by atoms with Crippen LogP contribution in [0.3, 0.4) is 0 Å². The number of carbonyl (C=O) groups excluding carboxylic acids is 1. The second kappa shape index (κ2) is 6.70. The maximum atomic E-state index is 12.5. The monoisotopic (exact) mass is 313 g/mol. The van der Waals surface area contributed by atoms with Crippen LogP contribution in [0.15, 0.2) is 30.5 Å². The van der Waals surface area contributed by atoms with Crippen LogP contribution in [0.2, 0.25) is 0 Å². The number of morpholine rings is 1. The average molecular weight is 313 g/mol. The van der Waals surface area contributed by atoms with Crippen molar-refractivity contribution in [1.82, 2.24) is 20.1 Å². The molecule has 1 atom stereocenters. The zero-order chi connectivity index (χ0) is 16.2. The lowest BCUT2D eigenvalue weighted by atomic mass is 10.1. The molecule has 0 aromatic carbocycles. The molecule has 1 aliphatic heterocycles. The summed E-state index contributed by atoms with van der Waals surface area (Å²) < 4.78 is 5.81. The van der Waals surface area contributed by atoms with Crippen molar-refractivity contribution in [3.63, 3.8) is 0 Å². The van der Waals surface area contributed by atoms with Gasteiger partial charge in [0.05, 0.1) is 18.8 Å². The Kier molecular flexibility index (Phi) is 4.47. The number of ether oxygens (including phenoxy) is 1. The molecule has 3 rings (SSSR count). The quantitative estimate of drug-likeness (QED) is 0.923. The van der Waals surface area contributed by atoms with Crippen LogP contribution in [-0.4, -0.2) is 52.7 Å². The third kappa shape index (κ3) is 3.45. The Morgan fingerprint density at radius 3 is 3.04 bits per heavy atom. The van der Waals surface area contributed by atoms with E-state index in [9.17, 15) is 4.79 Å². The minimum absolute atomic E-state index is 0.132. The summed E-state index contributed by atoms with van der Waals surface area (Å²) in [5.74, 6) is -0.132. The standard InChI is InChI=1S/C16H19N5O2/c1-11-8-12(17-2)9-14(19-11)15-10-21(6-7-23-15)16(22)13-4-3-5-18-20-13/h3-5,8-9,15H,6-7,10H2,1-2H3,(H,17,19)/t15-/m1/s1. The summed E-state index contributed by atoms with van der Waals surface area (Å²) in [6, 6.07) is 7.30. The lowest BCUT2D eigenvalue weighted by Gasteiger charge is -2.32. The Balaban J connectivity index is 1.78. The van der Waals surface area contributed by atoms with E-state index in [0.29, 0.717) is 25.4 Å². The van der Waals surface area contributed by atoms with Gasteiger partial charge >= 0.3 is 0 Å². The lowest BCUT2D eigenvalue weighted by molar-refractivity contribution is -0.0249. The molecule has 0 saturated carbocycles. The first-order valence-corrected chi connectivity index (χ1v) is 7.52. The molecule has 0 radical (unpaired) electrons. The Morgan fingerprint density at radius 2 is 2.30 bits per heavy atom. The zero-order valence-electron chi connectivity index (χ0n) is 13.2. The van der Waals surface area contributed by atoms with Crippen molar-refractivity contribution in [1.29, 1.82) is 0 Å². The van der Waals surface area contributed by atoms with Gasteiger partial charge in [0.1, 0.15) is 6.10 Å². The number of carbonyl (C=O) groups is 1. The van der Waals surface area contributed by atoms with Crippen LogP contribution in [0.25, 0.3) is 0 Å². The molecule has 23 heavy (non-hydrogen) atoms. The van der Waals surface area contributed by atoms with Gasteiger partial charge in [-0.25, -0.2) is 0 Å². The van der Waals surface area contributed by atoms with E-state index < -0.39 is 0 Å². The molecule has 1 saturated heterocycles. The number of nitrogens with zero attached hydrogens (tertiary/aromatic N) is 4. The third-order valence-electron chi connectivity index (χ3n) is 3.74. The number of nitrogens with one attached hydrogen (secondary N) is 1. The van der Waals surface area contributed by atoms with Crippen LogP contribution >= 0.6 is 0 Å². The molecule has 7 heteroatoms. The molecule has 0 spiro atoms. The van der Waals surface area contributed by atoms with E-state index in [4.69, 9.17) is 4.74 Å². The number of rotatable bonds is 3. The number of hydrogen-bond acceptors (Lipinski definition) is 6. The molecule has 2 aromatic heterocycles. The lowest BCUT2D eigenvalue weighted by Crippen LogP contribution is -2.42. The SMILES string of the molecule is CNc1cc(C)nc([C@H]2CN(C(=O)c3cccnn3)CCO2)c1. The molecule has 0 aliphatic carbocycles. The molecule has 120 valence electrons. The molecule has 0 unspecified atom stereocenters. The van der Waals surface area contributed by atoms with E-state index in [1.54, 1.807) is 23.2 Å². The smallest absolute Gasteiger partial charge is 0.274 e. The molecule has 7 nitrogen and oxygen atoms in total. The van der Waals surface area contributed by atoms with Crippen LogP contribution in [-0.2, 0) is 4.74 Å². The van der Waals surface area contributed by atoms with Gasteiger partial charge in [-0.3, -0.25) is 9.78 Å². The second-order valence-corrected chi connectivity index (χ2v) is 5.39. The maximum absolute atomic E-state index is 12.5. The summed E-state index contributed by atoms with van der Waals surface area (Å²) in [7, 11) is 1.87. The minimum Gasteiger partial charge on any atom is -0.388 e. The van der Waals surface area contributed by atoms with Crippen molar-refractivity contribution in [2.75, 3.05) is 32.1 Å². The Hall–Kier alpha value is -2.54. The van der Waals surface area contributed by atoms with Crippen LogP contribution in [0, 0.1) is 6.92 Å². The predicted molar refractivity (Wildman–Crippen MR) is 85.1 cm³/mol. The maximum Gasteiger partial charge on any atom is 0.274 e. The first-order valence-electron chi connectivity index (χ1n) is 7.52. The summed E-state index contributed by atoms with van der Waals surface area (Å²) in [5, 5.41) is 10.8. The van der Waals surface area contributed by atoms with Crippen molar-refractivity contribution in [3.05, 3.63) is 47.5 Å². The van der Waals surface area contributed by atoms with Crippen LogP contribution in [0.5, 0.6) is 0 Å². The largest absolute Gasteiger partial charge is 0.388 e. The minimum atomic E-state index is -0.239. The van der Waals surface area contributed by atoms with Crippen molar-refractivity contribution in [2.24, 2.45) is 0 Å². The van der Waals surface area contributed by atoms with E-state index in [2.05, 4.69) is 20.5 Å². The number of anilines is 1. The number of aromatic nitrogens is 3. The van der Waals surface area contributed by atoms with Gasteiger partial charge < -0.3 is 15.0 Å². The van der Waals surface area contributed by atoms with Crippen molar-refractivity contribution in [2.45, 2.75) is 13.0 Å². The average Bonchev–Trinajstić information content (AvgIpc) is 2.61. The van der Waals surface area contributed by atoms with Gasteiger partial charge in [0.25, 0.3) is 5.91 Å². The fraction of sp³-hybridized carbons (Fsp3) is 0.375. The summed E-state index contributed by atoms with van der Waals surface area (Å²) in [6.07, 6.45) is 1.31. The predicted octanol–water partition coefficient (Wildman–Crippen LogP) is 1.44. The topological polar surface area (TPSA) is 80.2 Å². The van der Waals surface area contributed by atoms with Crippen LogP contribution in [0.4, 0.5) is 5.69 Å². The molecule has 0 bridgehead atoms. The molecule has 1 aliphatic rings. The third-order valence-corrected chi connectivity index (χ3v) is 3.74. The first-order chi connectivity index (χ1) is 11.2. The molecule has 1 fully saturated rings. The second-order valence-electron chi connectivity index (χ2n) is 5.39. The number of pyridine rings is 1. The summed E-state index contributed by atoms with van der Waals surface area (Å²) in [4.78, 5) is 18.8. The number of aryl methyl sites for hydroxylation is 1. The molecular formula is C16H19N5O2. The van der Waals surface area contributed by atoms with Crippen molar-refractivity contribution >= 4 is 11.6 Å². The van der Waals surface area contributed by atoms with Gasteiger partial charge in [-0.05, 0) is 31.2 Å². The molecule has 1 N–H and O–H groups in total. The fourth-order valence-electron chi connectivity index (χ4n) is 2.59. The van der Waals surface area contributed by atoms with Gasteiger partial charge in [0, 0.05) is 31.2 Å². The zero-order valence-corrected chi connectivity index (χ0v) is 13.2. The van der Waals surface area contributed by atoms with E-state index in [0.717, 1.165) is 17.1 Å². The highest BCUT2D eigenvalue weighted by Crippen LogP contribution is 2.24. The Bertz CT molecular complexity index is 692. The Labute approximate surface area is 134 Å². The summed E-state index contributed by atoms with van der Waals surface area (Å²) >= 11 is 0. The number of amides is 1. The van der Waals surface area contributed by atoms with Gasteiger partial charge in [0.2, 0.25) is 0 Å². The van der Waals surface area contributed by atoms with E-state index in [1.807, 2.05) is 26.1 Å². The van der Waals surface area contributed by atoms with Crippen molar-refractivity contribution < 1.29 is 9.53 Å². The molecular weight excluding hydrogens is 294 g/mol. The molecule has 1 amide bonds. The summed E-state index contributed by atoms with van der Waals surface area (Å²) in [5.41, 5.74) is 3.06. The normalized spacial score (nSPS) is 17.8. The highest BCUT2D eigenvalue weighted by molar-refractivity contribution is 5.92. The van der Waals surface area contributed by atoms with Gasteiger partial charge in [-0.1, -0.05) is 0 Å². The molecule has 2 aromatic rings. The van der Waals surface area contributed by atoms with Crippen molar-refractivity contribution in [3.8, 4) is 0 Å². The molecule has 3 heterocycles. The van der Waals surface area contributed by atoms with E-state index >= 15 is 0 Å². The Morgan fingerprint density at radius 1 is 1.43 bits per heavy atom. The van der Waals surface area contributed by atoms with Gasteiger partial charge in [-0.15, -0.1) is 5.10 Å². The van der Waals surface area contributed by atoms with Crippen LogP contribution < -0.4 is 5.32 Å². The highest BCUT2D eigenvalue weighted by atomic mass is 16.5.